The van der Waals surface area contributed by atoms with Gasteiger partial charge in [0, 0.05) is 35.3 Å². The van der Waals surface area contributed by atoms with Crippen LogP contribution in [0.1, 0.15) is 28.4 Å². The van der Waals surface area contributed by atoms with Gasteiger partial charge in [-0.05, 0) is 60.8 Å². The van der Waals surface area contributed by atoms with Crippen molar-refractivity contribution in [1.82, 2.24) is 9.80 Å². The van der Waals surface area contributed by atoms with E-state index in [0.29, 0.717) is 22.2 Å². The summed E-state index contributed by atoms with van der Waals surface area (Å²) in [4.78, 5) is 27.1. The van der Waals surface area contributed by atoms with Gasteiger partial charge in [-0.25, -0.2) is 0 Å². The first-order chi connectivity index (χ1) is 12.3. The highest BCUT2D eigenvalue weighted by molar-refractivity contribution is 14.1. The summed E-state index contributed by atoms with van der Waals surface area (Å²) in [5.41, 5.74) is 2.76. The first kappa shape index (κ1) is 20.3. The number of nitrogens with zero attached hydrogens (tertiary/aromatic N) is 3. The zero-order chi connectivity index (χ0) is 19.3. The van der Waals surface area contributed by atoms with Crippen LogP contribution in [0.3, 0.4) is 0 Å². The van der Waals surface area contributed by atoms with Gasteiger partial charge >= 0.3 is 0 Å². The molecule has 0 saturated heterocycles. The standard InChI is InChI=1S/C19H22IN3O3/c1-4-22(13-15-7-5-14(6-8-15)12-21(2)3)19(24)17-10-9-16(23(25)26)11-18(17)20/h5-11H,4,12-13H2,1-3H3. The number of non-ortho nitro benzene ring substituents is 1. The Hall–Kier alpha value is -2.00. The van der Waals surface area contributed by atoms with Crippen molar-refractivity contribution in [3.8, 4) is 0 Å². The van der Waals surface area contributed by atoms with Gasteiger partial charge < -0.3 is 9.80 Å². The molecule has 0 unspecified atom stereocenters. The predicted molar refractivity (Wildman–Crippen MR) is 110 cm³/mol. The first-order valence-corrected chi connectivity index (χ1v) is 9.35. The van der Waals surface area contributed by atoms with Crippen LogP contribution in [0.4, 0.5) is 5.69 Å². The smallest absolute Gasteiger partial charge is 0.270 e. The van der Waals surface area contributed by atoms with E-state index in [1.165, 1.54) is 23.8 Å². The lowest BCUT2D eigenvalue weighted by molar-refractivity contribution is -0.384. The maximum absolute atomic E-state index is 12.8. The summed E-state index contributed by atoms with van der Waals surface area (Å²) in [5.74, 6) is -0.121. The minimum Gasteiger partial charge on any atom is -0.335 e. The number of hydrogen-bond donors (Lipinski definition) is 0. The van der Waals surface area contributed by atoms with E-state index < -0.39 is 4.92 Å². The Labute approximate surface area is 167 Å². The van der Waals surface area contributed by atoms with E-state index in [4.69, 9.17) is 0 Å². The van der Waals surface area contributed by atoms with E-state index in [0.717, 1.165) is 12.1 Å². The average Bonchev–Trinajstić information content (AvgIpc) is 2.59. The van der Waals surface area contributed by atoms with Crippen LogP contribution in [0.5, 0.6) is 0 Å². The van der Waals surface area contributed by atoms with E-state index in [2.05, 4.69) is 17.0 Å². The fraction of sp³-hybridized carbons (Fsp3) is 0.316. The van der Waals surface area contributed by atoms with E-state index in [9.17, 15) is 14.9 Å². The zero-order valence-electron chi connectivity index (χ0n) is 15.1. The van der Waals surface area contributed by atoms with Crippen molar-refractivity contribution in [3.63, 3.8) is 0 Å². The first-order valence-electron chi connectivity index (χ1n) is 8.27. The number of carbonyl (C=O) groups is 1. The predicted octanol–water partition coefficient (Wildman–Crippen LogP) is 3.92. The number of rotatable bonds is 7. The van der Waals surface area contributed by atoms with Crippen LogP contribution >= 0.6 is 22.6 Å². The molecule has 138 valence electrons. The second kappa shape index (κ2) is 9.09. The van der Waals surface area contributed by atoms with E-state index in [1.807, 2.05) is 55.7 Å². The van der Waals surface area contributed by atoms with Crippen molar-refractivity contribution in [2.75, 3.05) is 20.6 Å². The van der Waals surface area contributed by atoms with Gasteiger partial charge in [0.15, 0.2) is 0 Å². The molecule has 6 nitrogen and oxygen atoms in total. The Morgan fingerprint density at radius 2 is 1.65 bits per heavy atom. The molecular weight excluding hydrogens is 445 g/mol. The number of nitro groups is 1. The largest absolute Gasteiger partial charge is 0.335 e. The molecule has 0 radical (unpaired) electrons. The second-order valence-corrected chi connectivity index (χ2v) is 7.46. The highest BCUT2D eigenvalue weighted by atomic mass is 127. The van der Waals surface area contributed by atoms with Gasteiger partial charge in [-0.15, -0.1) is 0 Å². The Morgan fingerprint density at radius 3 is 2.12 bits per heavy atom. The topological polar surface area (TPSA) is 66.7 Å². The molecule has 0 heterocycles. The fourth-order valence-corrected chi connectivity index (χ4v) is 3.35. The SMILES string of the molecule is CCN(Cc1ccc(CN(C)C)cc1)C(=O)c1ccc([N+](=O)[O-])cc1I. The lowest BCUT2D eigenvalue weighted by Gasteiger charge is -2.22. The summed E-state index contributed by atoms with van der Waals surface area (Å²) in [6.45, 7) is 3.87. The van der Waals surface area contributed by atoms with Crippen molar-refractivity contribution >= 4 is 34.2 Å². The normalized spacial score (nSPS) is 10.8. The third kappa shape index (κ3) is 5.25. The van der Waals surface area contributed by atoms with Crippen molar-refractivity contribution in [3.05, 3.63) is 72.8 Å². The van der Waals surface area contributed by atoms with Crippen molar-refractivity contribution in [2.45, 2.75) is 20.0 Å². The van der Waals surface area contributed by atoms with E-state index in [-0.39, 0.29) is 11.6 Å². The van der Waals surface area contributed by atoms with Gasteiger partial charge in [-0.2, -0.15) is 0 Å². The molecule has 0 aliphatic rings. The number of amides is 1. The fourth-order valence-electron chi connectivity index (χ4n) is 2.62. The van der Waals surface area contributed by atoms with Gasteiger partial charge in [0.25, 0.3) is 11.6 Å². The summed E-state index contributed by atoms with van der Waals surface area (Å²) in [7, 11) is 4.05. The molecule has 0 fully saturated rings. The molecule has 0 N–H and O–H groups in total. The monoisotopic (exact) mass is 467 g/mol. The third-order valence-electron chi connectivity index (χ3n) is 3.96. The Morgan fingerprint density at radius 1 is 1.08 bits per heavy atom. The molecule has 0 spiro atoms. The summed E-state index contributed by atoms with van der Waals surface area (Å²) in [6, 6.07) is 12.6. The minimum absolute atomic E-state index is 0.00882. The molecule has 7 heteroatoms. The van der Waals surface area contributed by atoms with Gasteiger partial charge in [-0.3, -0.25) is 14.9 Å². The molecule has 0 aliphatic carbocycles. The van der Waals surface area contributed by atoms with Crippen LogP contribution < -0.4 is 0 Å². The summed E-state index contributed by atoms with van der Waals surface area (Å²) < 4.78 is 0.585. The molecule has 2 rings (SSSR count). The highest BCUT2D eigenvalue weighted by Crippen LogP contribution is 2.22. The summed E-state index contributed by atoms with van der Waals surface area (Å²) in [6.07, 6.45) is 0. The van der Waals surface area contributed by atoms with Crippen molar-refractivity contribution in [1.29, 1.82) is 0 Å². The molecule has 1 amide bonds. The second-order valence-electron chi connectivity index (χ2n) is 6.29. The molecule has 2 aromatic carbocycles. The van der Waals surface area contributed by atoms with Crippen LogP contribution in [0, 0.1) is 13.7 Å². The number of carbonyl (C=O) groups excluding carboxylic acids is 1. The number of nitro benzene ring substituents is 1. The zero-order valence-corrected chi connectivity index (χ0v) is 17.3. The number of hydrogen-bond acceptors (Lipinski definition) is 4. The van der Waals surface area contributed by atoms with Gasteiger partial charge in [-0.1, -0.05) is 24.3 Å². The van der Waals surface area contributed by atoms with Crippen LogP contribution in [-0.2, 0) is 13.1 Å². The van der Waals surface area contributed by atoms with Crippen LogP contribution in [0.25, 0.3) is 0 Å². The van der Waals surface area contributed by atoms with Crippen LogP contribution in [0.15, 0.2) is 42.5 Å². The Bertz CT molecular complexity index is 791. The van der Waals surface area contributed by atoms with E-state index >= 15 is 0 Å². The Kier molecular flexibility index (Phi) is 7.10. The lowest BCUT2D eigenvalue weighted by atomic mass is 10.1. The molecule has 0 saturated carbocycles. The van der Waals surface area contributed by atoms with Crippen LogP contribution in [-0.4, -0.2) is 41.3 Å². The highest BCUT2D eigenvalue weighted by Gasteiger charge is 2.19. The minimum atomic E-state index is -0.455. The molecule has 0 atom stereocenters. The van der Waals surface area contributed by atoms with Gasteiger partial charge in [0.05, 0.1) is 10.5 Å². The molecule has 26 heavy (non-hydrogen) atoms. The molecule has 0 bridgehead atoms. The molecular formula is C19H22IN3O3. The average molecular weight is 467 g/mol. The van der Waals surface area contributed by atoms with E-state index in [1.54, 1.807) is 4.90 Å². The Balaban J connectivity index is 2.15. The maximum Gasteiger partial charge on any atom is 0.270 e. The van der Waals surface area contributed by atoms with Crippen molar-refractivity contribution < 1.29 is 9.72 Å². The van der Waals surface area contributed by atoms with Gasteiger partial charge in [0.2, 0.25) is 0 Å². The van der Waals surface area contributed by atoms with Gasteiger partial charge in [0.1, 0.15) is 0 Å². The third-order valence-corrected chi connectivity index (χ3v) is 4.85. The number of benzene rings is 2. The summed E-state index contributed by atoms with van der Waals surface area (Å²) >= 11 is 1.97. The molecule has 0 aromatic heterocycles. The molecule has 2 aromatic rings. The summed E-state index contributed by atoms with van der Waals surface area (Å²) in [5, 5.41) is 10.9. The maximum atomic E-state index is 12.8. The van der Waals surface area contributed by atoms with Crippen molar-refractivity contribution in [2.24, 2.45) is 0 Å². The quantitative estimate of drug-likeness (QED) is 0.352. The molecule has 0 aliphatic heterocycles. The van der Waals surface area contributed by atoms with Crippen LogP contribution in [0.2, 0.25) is 0 Å². The lowest BCUT2D eigenvalue weighted by Crippen LogP contribution is -2.30. The number of halogens is 1.